The van der Waals surface area contributed by atoms with E-state index in [0.29, 0.717) is 83.0 Å². The molecule has 4 aromatic carbocycles. The number of nitrogen functional groups attached to an aromatic ring is 4. The first-order valence-electron chi connectivity index (χ1n) is 27.9. The molecule has 0 aliphatic carbocycles. The fourth-order valence-corrected chi connectivity index (χ4v) is 11.2. The molecule has 8 amide bonds. The van der Waals surface area contributed by atoms with Crippen LogP contribution in [0.3, 0.4) is 0 Å². The summed E-state index contributed by atoms with van der Waals surface area (Å²) in [5.41, 5.74) is 26.4. The van der Waals surface area contributed by atoms with Gasteiger partial charge in [0.25, 0.3) is 23.6 Å². The Morgan fingerprint density at radius 1 is 0.429 bits per heavy atom. The van der Waals surface area contributed by atoms with Crippen molar-refractivity contribution in [1.29, 1.82) is 0 Å². The zero-order chi connectivity index (χ0) is 60.3. The van der Waals surface area contributed by atoms with Crippen LogP contribution >= 0.6 is 21.6 Å². The molecule has 1 fully saturated rings. The van der Waals surface area contributed by atoms with Crippen molar-refractivity contribution in [2.75, 3.05) is 154 Å². The Labute approximate surface area is 498 Å². The largest absolute Gasteiger partial charge is 0.399 e. The number of nitrogens with zero attached hydrogens (tertiary/aromatic N) is 3. The standard InChI is InChI=1S/C58H80N12O12S2/c59-46-13-5-42(6-14-46)55(75)64-22-27-68(28-23-65-56(76)43-7-15-47(60)16-8-43)52(72)39-70(54(74)41-82-37-36-81-35-34-80-33-32-79-31-26-63-51(71)4-2-1-3-50-21-38-83-84-50)40-53(73)69(29-24-66-57(77)44-9-17-48(61)18-10-44)30-25-67-58(78)45-11-19-49(62)20-12-45/h5-20,50H,1-4,21-41,59-62H2,(H,63,71)(H,64,75)(H,65,76)(H,66,77)(H,67,78). The molecule has 13 N–H and O–H groups in total. The zero-order valence-corrected chi connectivity index (χ0v) is 49.0. The van der Waals surface area contributed by atoms with E-state index in [4.69, 9.17) is 41.9 Å². The summed E-state index contributed by atoms with van der Waals surface area (Å²) in [5, 5.41) is 14.7. The lowest BCUT2D eigenvalue weighted by Gasteiger charge is -2.30. The van der Waals surface area contributed by atoms with Crippen LogP contribution < -0.4 is 49.5 Å². The maximum Gasteiger partial charge on any atom is 0.251 e. The van der Waals surface area contributed by atoms with Gasteiger partial charge in [-0.3, -0.25) is 38.4 Å². The van der Waals surface area contributed by atoms with Gasteiger partial charge in [0.1, 0.15) is 19.7 Å². The van der Waals surface area contributed by atoms with Crippen molar-refractivity contribution < 1.29 is 57.3 Å². The quantitative estimate of drug-likeness (QED) is 0.0176. The summed E-state index contributed by atoms with van der Waals surface area (Å²) in [6.45, 7) is -0.258. The van der Waals surface area contributed by atoms with Gasteiger partial charge in [-0.2, -0.15) is 0 Å². The summed E-state index contributed by atoms with van der Waals surface area (Å²) < 4.78 is 22.5. The lowest BCUT2D eigenvalue weighted by Crippen LogP contribution is -2.52. The van der Waals surface area contributed by atoms with Gasteiger partial charge in [0.2, 0.25) is 23.6 Å². The average molecular weight is 1200 g/mol. The monoisotopic (exact) mass is 1200 g/mol. The predicted molar refractivity (Wildman–Crippen MR) is 326 cm³/mol. The Morgan fingerprint density at radius 2 is 0.786 bits per heavy atom. The van der Waals surface area contributed by atoms with Gasteiger partial charge in [0.05, 0.1) is 46.2 Å². The lowest BCUT2D eigenvalue weighted by molar-refractivity contribution is -0.147. The molecule has 24 nitrogen and oxygen atoms in total. The van der Waals surface area contributed by atoms with Gasteiger partial charge >= 0.3 is 0 Å². The maximum atomic E-state index is 14.4. The SMILES string of the molecule is Nc1ccc(C(=O)NCCN(CCNC(=O)c2ccc(N)cc2)C(=O)CN(CC(=O)N(CCNC(=O)c2ccc(N)cc2)CCNC(=O)c2ccc(N)cc2)C(=O)COCCOCCOCCOCCNC(=O)CCCCC2CCSS2)cc1. The topological polar surface area (TPSA) is 347 Å². The van der Waals surface area contributed by atoms with Crippen molar-refractivity contribution in [1.82, 2.24) is 41.3 Å². The minimum Gasteiger partial charge on any atom is -0.399 e. The van der Waals surface area contributed by atoms with Crippen LogP contribution in [0.5, 0.6) is 0 Å². The molecule has 1 heterocycles. The van der Waals surface area contributed by atoms with Gasteiger partial charge in [-0.25, -0.2) is 0 Å². The average Bonchev–Trinajstić information content (AvgIpc) is 4.03. The summed E-state index contributed by atoms with van der Waals surface area (Å²) >= 11 is 0. The molecule has 84 heavy (non-hydrogen) atoms. The van der Waals surface area contributed by atoms with Gasteiger partial charge in [0.15, 0.2) is 0 Å². The van der Waals surface area contributed by atoms with E-state index in [1.165, 1.54) is 22.0 Å². The molecule has 26 heteroatoms. The number of nitrogens with two attached hydrogens (primary N) is 4. The first-order valence-corrected chi connectivity index (χ1v) is 30.3. The van der Waals surface area contributed by atoms with E-state index in [9.17, 15) is 38.4 Å². The Hall–Kier alpha value is -7.62. The van der Waals surface area contributed by atoms with Crippen molar-refractivity contribution in [3.63, 3.8) is 0 Å². The number of hydrogen-bond donors (Lipinski definition) is 9. The smallest absolute Gasteiger partial charge is 0.251 e. The normalized spacial score (nSPS) is 12.6. The first kappa shape index (κ1) is 67.2. The van der Waals surface area contributed by atoms with Gasteiger partial charge < -0.3 is 83.2 Å². The summed E-state index contributed by atoms with van der Waals surface area (Å²) in [6.07, 6.45) is 4.85. The minimum atomic E-state index is -0.728. The van der Waals surface area contributed by atoms with E-state index in [1.807, 2.05) is 21.6 Å². The third-order valence-corrected chi connectivity index (χ3v) is 15.9. The molecule has 1 saturated heterocycles. The van der Waals surface area contributed by atoms with Crippen molar-refractivity contribution in [2.45, 2.75) is 37.4 Å². The molecule has 0 bridgehead atoms. The van der Waals surface area contributed by atoms with Crippen LogP contribution in [0.15, 0.2) is 97.1 Å². The van der Waals surface area contributed by atoms with Gasteiger partial charge in [0, 0.05) is 121 Å². The number of carbonyl (C=O) groups excluding carboxylic acids is 8. The number of rotatable bonds is 39. The molecule has 1 atom stereocenters. The number of carbonyl (C=O) groups is 8. The molecule has 0 spiro atoms. The predicted octanol–water partition coefficient (Wildman–Crippen LogP) is 2.42. The van der Waals surface area contributed by atoms with Crippen LogP contribution in [0.4, 0.5) is 22.7 Å². The number of ether oxygens (including phenoxy) is 4. The second-order valence-corrected chi connectivity index (χ2v) is 22.1. The van der Waals surface area contributed by atoms with E-state index in [-0.39, 0.29) is 84.7 Å². The number of amides is 8. The highest BCUT2D eigenvalue weighted by Gasteiger charge is 2.27. The lowest BCUT2D eigenvalue weighted by atomic mass is 10.1. The Balaban J connectivity index is 1.18. The van der Waals surface area contributed by atoms with Gasteiger partial charge in [-0.15, -0.1) is 0 Å². The third-order valence-electron chi connectivity index (χ3n) is 12.9. The van der Waals surface area contributed by atoms with Crippen LogP contribution in [0, 0.1) is 0 Å². The molecule has 0 aromatic heterocycles. The second kappa shape index (κ2) is 38.3. The van der Waals surface area contributed by atoms with Crippen molar-refractivity contribution in [2.24, 2.45) is 0 Å². The van der Waals surface area contributed by atoms with E-state index >= 15 is 0 Å². The molecular formula is C58H80N12O12S2. The van der Waals surface area contributed by atoms with Crippen molar-refractivity contribution in [3.05, 3.63) is 119 Å². The number of anilines is 4. The van der Waals surface area contributed by atoms with E-state index in [0.717, 1.165) is 24.2 Å². The summed E-state index contributed by atoms with van der Waals surface area (Å²) in [6, 6.07) is 25.1. The zero-order valence-electron chi connectivity index (χ0n) is 47.4. The van der Waals surface area contributed by atoms with Crippen molar-refractivity contribution in [3.8, 4) is 0 Å². The highest BCUT2D eigenvalue weighted by molar-refractivity contribution is 8.77. The fourth-order valence-electron chi connectivity index (χ4n) is 8.13. The Morgan fingerprint density at radius 3 is 1.14 bits per heavy atom. The summed E-state index contributed by atoms with van der Waals surface area (Å²) in [7, 11) is 3.89. The Bertz CT molecular complexity index is 2420. The van der Waals surface area contributed by atoms with Crippen LogP contribution in [0.2, 0.25) is 0 Å². The summed E-state index contributed by atoms with van der Waals surface area (Å²) in [5.74, 6) is -2.49. The Kier molecular flexibility index (Phi) is 30.6. The maximum absolute atomic E-state index is 14.4. The molecule has 1 aliphatic heterocycles. The molecule has 456 valence electrons. The molecule has 4 aromatic rings. The molecule has 1 aliphatic rings. The van der Waals surface area contributed by atoms with Crippen LogP contribution in [-0.2, 0) is 38.1 Å². The highest BCUT2D eigenvalue weighted by Crippen LogP contribution is 2.39. The molecule has 0 radical (unpaired) electrons. The number of benzene rings is 4. The first-order chi connectivity index (χ1) is 40.6. The third kappa shape index (κ3) is 26.3. The number of hydrogen-bond acceptors (Lipinski definition) is 18. The molecule has 1 unspecified atom stereocenters. The van der Waals surface area contributed by atoms with Crippen LogP contribution in [-0.4, -0.2) is 198 Å². The van der Waals surface area contributed by atoms with Crippen LogP contribution in [0.1, 0.15) is 73.5 Å². The van der Waals surface area contributed by atoms with Gasteiger partial charge in [-0.1, -0.05) is 28.0 Å². The number of nitrogens with one attached hydrogen (secondary N) is 5. The van der Waals surface area contributed by atoms with Crippen LogP contribution in [0.25, 0.3) is 0 Å². The molecule has 5 rings (SSSR count). The second-order valence-electron chi connectivity index (χ2n) is 19.3. The number of unbranched alkanes of at least 4 members (excludes halogenated alkanes) is 1. The van der Waals surface area contributed by atoms with E-state index in [2.05, 4.69) is 26.6 Å². The van der Waals surface area contributed by atoms with Gasteiger partial charge in [-0.05, 0) is 116 Å². The minimum absolute atomic E-state index is 0.0255. The molecule has 0 saturated carbocycles. The van der Waals surface area contributed by atoms with Crippen molar-refractivity contribution >= 4 is 91.6 Å². The molecular weight excluding hydrogens is 1120 g/mol. The van der Waals surface area contributed by atoms with E-state index in [1.54, 1.807) is 97.1 Å². The highest BCUT2D eigenvalue weighted by atomic mass is 33.1. The fraction of sp³-hybridized carbons (Fsp3) is 0.448. The van der Waals surface area contributed by atoms with E-state index < -0.39 is 61.0 Å². The summed E-state index contributed by atoms with van der Waals surface area (Å²) in [4.78, 5) is 111.